The van der Waals surface area contributed by atoms with Crippen LogP contribution in [0.25, 0.3) is 0 Å². The molecule has 2 fully saturated rings. The molecule has 2 aliphatic rings. The number of halogens is 4. The Morgan fingerprint density at radius 2 is 1.82 bits per heavy atom. The predicted octanol–water partition coefficient (Wildman–Crippen LogP) is 2.69. The molecule has 1 atom stereocenters. The Kier molecular flexibility index (Phi) is 5.77. The highest BCUT2D eigenvalue weighted by atomic mass is 19.4. The third-order valence-electron chi connectivity index (χ3n) is 6.17. The van der Waals surface area contributed by atoms with Gasteiger partial charge in [0, 0.05) is 13.1 Å². The molecule has 11 heteroatoms. The van der Waals surface area contributed by atoms with Crippen molar-refractivity contribution < 1.29 is 31.9 Å². The lowest BCUT2D eigenvalue weighted by atomic mass is 9.89. The van der Waals surface area contributed by atoms with Crippen LogP contribution in [0.5, 0.6) is 0 Å². The molecule has 3 amide bonds. The molecule has 1 unspecified atom stereocenters. The Morgan fingerprint density at radius 3 is 2.38 bits per heavy atom. The standard InChI is InChI=1S/C23H18F4N4O3/c24-18-9-16(10-28)3-6-19(18)30-12-20(33)31(22(21(30)34)7-8-29(13-22)14-32)11-15-1-4-17(5-2-15)23(25,26)27/h1-6,9,14H,7-8,11-13H2. The van der Waals surface area contributed by atoms with E-state index < -0.39 is 41.5 Å². The smallest absolute Gasteiger partial charge is 0.342 e. The molecule has 2 saturated heterocycles. The van der Waals surface area contributed by atoms with E-state index in [4.69, 9.17) is 5.26 Å². The van der Waals surface area contributed by atoms with Gasteiger partial charge in [0.2, 0.25) is 12.3 Å². The van der Waals surface area contributed by atoms with Gasteiger partial charge in [-0.1, -0.05) is 12.1 Å². The van der Waals surface area contributed by atoms with E-state index in [9.17, 15) is 31.9 Å². The summed E-state index contributed by atoms with van der Waals surface area (Å²) in [6.45, 7) is -0.601. The van der Waals surface area contributed by atoms with Crippen LogP contribution in [0.15, 0.2) is 42.5 Å². The van der Waals surface area contributed by atoms with Gasteiger partial charge in [-0.3, -0.25) is 19.3 Å². The number of hydrogen-bond donors (Lipinski definition) is 0. The van der Waals surface area contributed by atoms with E-state index in [1.807, 2.05) is 0 Å². The normalized spacial score (nSPS) is 20.7. The minimum absolute atomic E-state index is 0.0451. The lowest BCUT2D eigenvalue weighted by Gasteiger charge is -2.47. The third-order valence-corrected chi connectivity index (χ3v) is 6.17. The highest BCUT2D eigenvalue weighted by Crippen LogP contribution is 2.37. The first-order chi connectivity index (χ1) is 16.1. The molecule has 0 saturated carbocycles. The van der Waals surface area contributed by atoms with Crippen molar-refractivity contribution in [1.82, 2.24) is 9.80 Å². The summed E-state index contributed by atoms with van der Waals surface area (Å²) in [6, 6.07) is 9.56. The summed E-state index contributed by atoms with van der Waals surface area (Å²) in [5.74, 6) is -2.00. The first-order valence-electron chi connectivity index (χ1n) is 10.3. The fraction of sp³-hybridized carbons (Fsp3) is 0.304. The summed E-state index contributed by atoms with van der Waals surface area (Å²) >= 11 is 0. The fourth-order valence-corrected chi connectivity index (χ4v) is 4.42. The minimum atomic E-state index is -4.52. The molecule has 0 aliphatic carbocycles. The zero-order valence-electron chi connectivity index (χ0n) is 17.7. The number of rotatable bonds is 4. The number of hydrogen-bond acceptors (Lipinski definition) is 4. The van der Waals surface area contributed by atoms with Crippen molar-refractivity contribution in [2.75, 3.05) is 24.5 Å². The third kappa shape index (κ3) is 3.96. The van der Waals surface area contributed by atoms with Gasteiger partial charge in [-0.05, 0) is 42.3 Å². The Balaban J connectivity index is 1.70. The van der Waals surface area contributed by atoms with Gasteiger partial charge in [-0.15, -0.1) is 0 Å². The summed E-state index contributed by atoms with van der Waals surface area (Å²) in [4.78, 5) is 41.9. The Labute approximate surface area is 191 Å². The van der Waals surface area contributed by atoms with Crippen molar-refractivity contribution in [1.29, 1.82) is 5.26 Å². The van der Waals surface area contributed by atoms with Crippen LogP contribution < -0.4 is 4.90 Å². The number of benzene rings is 2. The number of piperazine rings is 1. The maximum atomic E-state index is 14.7. The number of carbonyl (C=O) groups excluding carboxylic acids is 3. The molecular weight excluding hydrogens is 456 g/mol. The van der Waals surface area contributed by atoms with Crippen molar-refractivity contribution in [3.05, 3.63) is 65.0 Å². The summed E-state index contributed by atoms with van der Waals surface area (Å²) in [5, 5.41) is 8.96. The maximum absolute atomic E-state index is 14.7. The van der Waals surface area contributed by atoms with Gasteiger partial charge in [0.15, 0.2) is 0 Å². The van der Waals surface area contributed by atoms with E-state index in [0.717, 1.165) is 23.1 Å². The zero-order chi connectivity index (χ0) is 24.7. The molecule has 0 N–H and O–H groups in total. The van der Waals surface area contributed by atoms with E-state index in [1.54, 1.807) is 6.07 Å². The second kappa shape index (κ2) is 8.44. The number of amides is 3. The van der Waals surface area contributed by atoms with Gasteiger partial charge < -0.3 is 9.80 Å². The van der Waals surface area contributed by atoms with Crippen LogP contribution in [0.4, 0.5) is 23.2 Å². The highest BCUT2D eigenvalue weighted by molar-refractivity contribution is 6.09. The van der Waals surface area contributed by atoms with Crippen LogP contribution in [0, 0.1) is 17.1 Å². The van der Waals surface area contributed by atoms with Gasteiger partial charge in [-0.25, -0.2) is 4.39 Å². The van der Waals surface area contributed by atoms with E-state index in [2.05, 4.69) is 0 Å². The second-order valence-corrected chi connectivity index (χ2v) is 8.20. The molecule has 2 aromatic rings. The topological polar surface area (TPSA) is 84.7 Å². The van der Waals surface area contributed by atoms with Crippen LogP contribution in [0.2, 0.25) is 0 Å². The largest absolute Gasteiger partial charge is 0.416 e. The van der Waals surface area contributed by atoms with E-state index in [1.165, 1.54) is 34.1 Å². The molecule has 1 spiro atoms. The summed E-state index contributed by atoms with van der Waals surface area (Å²) < 4.78 is 53.4. The van der Waals surface area contributed by atoms with E-state index in [-0.39, 0.29) is 37.3 Å². The molecular formula is C23H18F4N4O3. The highest BCUT2D eigenvalue weighted by Gasteiger charge is 2.56. The number of anilines is 1. The van der Waals surface area contributed by atoms with Crippen molar-refractivity contribution in [2.45, 2.75) is 24.7 Å². The van der Waals surface area contributed by atoms with E-state index in [0.29, 0.717) is 12.0 Å². The predicted molar refractivity (Wildman–Crippen MR) is 110 cm³/mol. The van der Waals surface area contributed by atoms with Crippen LogP contribution in [-0.4, -0.2) is 53.2 Å². The second-order valence-electron chi connectivity index (χ2n) is 8.20. The molecule has 176 valence electrons. The van der Waals surface area contributed by atoms with Crippen LogP contribution in [0.3, 0.4) is 0 Å². The number of carbonyl (C=O) groups is 3. The summed E-state index contributed by atoms with van der Waals surface area (Å²) in [5.41, 5.74) is -2.10. The van der Waals surface area contributed by atoms with Gasteiger partial charge >= 0.3 is 6.18 Å². The molecule has 4 rings (SSSR count). The molecule has 7 nitrogen and oxygen atoms in total. The number of nitrogens with zero attached hydrogens (tertiary/aromatic N) is 4. The monoisotopic (exact) mass is 474 g/mol. The lowest BCUT2D eigenvalue weighted by Crippen LogP contribution is -2.69. The van der Waals surface area contributed by atoms with Crippen molar-refractivity contribution in [2.24, 2.45) is 0 Å². The van der Waals surface area contributed by atoms with Crippen molar-refractivity contribution in [3.63, 3.8) is 0 Å². The first-order valence-corrected chi connectivity index (χ1v) is 10.3. The molecule has 0 radical (unpaired) electrons. The SMILES string of the molecule is N#Cc1ccc(N2CC(=O)N(Cc3ccc(C(F)(F)F)cc3)C3(CCN(C=O)C3)C2=O)c(F)c1. The lowest BCUT2D eigenvalue weighted by molar-refractivity contribution is -0.151. The Bertz CT molecular complexity index is 1190. The fourth-order valence-electron chi connectivity index (χ4n) is 4.42. The van der Waals surface area contributed by atoms with Crippen LogP contribution >= 0.6 is 0 Å². The van der Waals surface area contributed by atoms with Gasteiger partial charge in [0.1, 0.15) is 17.9 Å². The Morgan fingerprint density at radius 1 is 1.12 bits per heavy atom. The van der Waals surface area contributed by atoms with Crippen molar-refractivity contribution >= 4 is 23.9 Å². The van der Waals surface area contributed by atoms with E-state index >= 15 is 0 Å². The average molecular weight is 474 g/mol. The number of likely N-dealkylation sites (tertiary alicyclic amines) is 1. The molecule has 34 heavy (non-hydrogen) atoms. The van der Waals surface area contributed by atoms with Crippen molar-refractivity contribution in [3.8, 4) is 6.07 Å². The number of nitriles is 1. The quantitative estimate of drug-likeness (QED) is 0.504. The van der Waals surface area contributed by atoms with Gasteiger partial charge in [0.25, 0.3) is 5.91 Å². The minimum Gasteiger partial charge on any atom is -0.342 e. The molecule has 0 aromatic heterocycles. The first kappa shape index (κ1) is 23.2. The zero-order valence-corrected chi connectivity index (χ0v) is 17.7. The maximum Gasteiger partial charge on any atom is 0.416 e. The average Bonchev–Trinajstić information content (AvgIpc) is 3.24. The van der Waals surface area contributed by atoms with Crippen LogP contribution in [0.1, 0.15) is 23.1 Å². The summed E-state index contributed by atoms with van der Waals surface area (Å²) in [6.07, 6.45) is -3.88. The summed E-state index contributed by atoms with van der Waals surface area (Å²) in [7, 11) is 0. The molecule has 0 bridgehead atoms. The molecule has 2 aromatic carbocycles. The number of alkyl halides is 3. The van der Waals surface area contributed by atoms with Gasteiger partial charge in [0.05, 0.1) is 29.4 Å². The molecule has 2 aliphatic heterocycles. The van der Waals surface area contributed by atoms with Crippen LogP contribution in [-0.2, 0) is 27.1 Å². The Hall–Kier alpha value is -3.94. The van der Waals surface area contributed by atoms with Gasteiger partial charge in [-0.2, -0.15) is 18.4 Å². The molecule has 2 heterocycles.